The monoisotopic (exact) mass is 221 g/mol. The van der Waals surface area contributed by atoms with Crippen molar-refractivity contribution in [1.82, 2.24) is 4.98 Å². The van der Waals surface area contributed by atoms with Crippen LogP contribution in [-0.4, -0.2) is 11.2 Å². The van der Waals surface area contributed by atoms with Gasteiger partial charge in [-0.3, -0.25) is 0 Å². The Morgan fingerprint density at radius 2 is 2.40 bits per heavy atom. The standard InChI is InChI=1S/C6H5BrFNS/c1-10-6-5(8)4(7)2-3-9-6/h2-3H,1H3. The molecule has 1 aromatic rings. The molecule has 0 aliphatic heterocycles. The van der Waals surface area contributed by atoms with Crippen LogP contribution in [0.3, 0.4) is 0 Å². The first-order valence-electron chi connectivity index (χ1n) is 2.59. The molecule has 1 nitrogen and oxygen atoms in total. The van der Waals surface area contributed by atoms with Gasteiger partial charge in [0.05, 0.1) is 4.47 Å². The molecule has 0 amide bonds. The van der Waals surface area contributed by atoms with Gasteiger partial charge in [0.1, 0.15) is 5.03 Å². The fraction of sp³-hybridized carbons (Fsp3) is 0.167. The molecule has 0 unspecified atom stereocenters. The number of halogens is 2. The lowest BCUT2D eigenvalue weighted by molar-refractivity contribution is 0.581. The van der Waals surface area contributed by atoms with Crippen molar-refractivity contribution in [2.24, 2.45) is 0 Å². The van der Waals surface area contributed by atoms with Crippen LogP contribution >= 0.6 is 27.7 Å². The fourth-order valence-corrected chi connectivity index (χ4v) is 1.44. The molecule has 0 atom stereocenters. The van der Waals surface area contributed by atoms with Crippen LogP contribution in [0, 0.1) is 5.82 Å². The first kappa shape index (κ1) is 8.01. The summed E-state index contributed by atoms with van der Waals surface area (Å²) in [4.78, 5) is 3.82. The number of rotatable bonds is 1. The van der Waals surface area contributed by atoms with E-state index in [2.05, 4.69) is 20.9 Å². The molecule has 10 heavy (non-hydrogen) atoms. The minimum absolute atomic E-state index is 0.282. The maximum Gasteiger partial charge on any atom is 0.169 e. The summed E-state index contributed by atoms with van der Waals surface area (Å²) in [5, 5.41) is 0.425. The smallest absolute Gasteiger partial charge is 0.169 e. The predicted octanol–water partition coefficient (Wildman–Crippen LogP) is 2.71. The molecule has 0 saturated heterocycles. The maximum absolute atomic E-state index is 12.9. The van der Waals surface area contributed by atoms with E-state index in [-0.39, 0.29) is 5.82 Å². The van der Waals surface area contributed by atoms with E-state index in [1.165, 1.54) is 11.8 Å². The molecule has 1 heterocycles. The van der Waals surface area contributed by atoms with E-state index in [0.717, 1.165) is 0 Å². The molecular formula is C6H5BrFNS. The van der Waals surface area contributed by atoms with Crippen LogP contribution in [-0.2, 0) is 0 Å². The van der Waals surface area contributed by atoms with Crippen molar-refractivity contribution in [2.45, 2.75) is 5.03 Å². The van der Waals surface area contributed by atoms with E-state index in [1.54, 1.807) is 18.5 Å². The zero-order valence-electron chi connectivity index (χ0n) is 5.27. The van der Waals surface area contributed by atoms with Crippen LogP contribution in [0.15, 0.2) is 21.8 Å². The van der Waals surface area contributed by atoms with Crippen molar-refractivity contribution >= 4 is 27.7 Å². The van der Waals surface area contributed by atoms with Crippen molar-refractivity contribution in [3.8, 4) is 0 Å². The maximum atomic E-state index is 12.9. The molecule has 54 valence electrons. The molecule has 0 saturated carbocycles. The number of pyridine rings is 1. The molecule has 0 aliphatic carbocycles. The average molecular weight is 222 g/mol. The third-order valence-electron chi connectivity index (χ3n) is 1.00. The van der Waals surface area contributed by atoms with Gasteiger partial charge in [-0.25, -0.2) is 9.37 Å². The molecule has 0 spiro atoms. The van der Waals surface area contributed by atoms with Crippen LogP contribution in [0.4, 0.5) is 4.39 Å². The first-order valence-corrected chi connectivity index (χ1v) is 4.61. The van der Waals surface area contributed by atoms with Gasteiger partial charge in [-0.05, 0) is 28.3 Å². The Kier molecular flexibility index (Phi) is 2.68. The second kappa shape index (κ2) is 3.34. The normalized spacial score (nSPS) is 9.90. The van der Waals surface area contributed by atoms with E-state index >= 15 is 0 Å². The van der Waals surface area contributed by atoms with Crippen molar-refractivity contribution < 1.29 is 4.39 Å². The summed E-state index contributed by atoms with van der Waals surface area (Å²) < 4.78 is 13.3. The minimum atomic E-state index is -0.282. The average Bonchev–Trinajstić information content (AvgIpc) is 1.95. The summed E-state index contributed by atoms with van der Waals surface area (Å²) in [6, 6.07) is 1.58. The molecule has 0 N–H and O–H groups in total. The molecule has 0 fully saturated rings. The van der Waals surface area contributed by atoms with Crippen molar-refractivity contribution in [2.75, 3.05) is 6.26 Å². The number of thioether (sulfide) groups is 1. The lowest BCUT2D eigenvalue weighted by atomic mass is 10.5. The summed E-state index contributed by atoms with van der Waals surface area (Å²) in [5.74, 6) is -0.282. The summed E-state index contributed by atoms with van der Waals surface area (Å²) >= 11 is 4.35. The van der Waals surface area contributed by atoms with Gasteiger partial charge < -0.3 is 0 Å². The molecule has 0 bridgehead atoms. The second-order valence-corrected chi connectivity index (χ2v) is 3.27. The van der Waals surface area contributed by atoms with Gasteiger partial charge in [0.2, 0.25) is 0 Å². The lowest BCUT2D eigenvalue weighted by Gasteiger charge is -1.97. The number of hydrogen-bond acceptors (Lipinski definition) is 2. The van der Waals surface area contributed by atoms with E-state index in [9.17, 15) is 4.39 Å². The van der Waals surface area contributed by atoms with Crippen molar-refractivity contribution in [1.29, 1.82) is 0 Å². The van der Waals surface area contributed by atoms with Crippen molar-refractivity contribution in [3.05, 3.63) is 22.6 Å². The Morgan fingerprint density at radius 3 is 2.90 bits per heavy atom. The zero-order chi connectivity index (χ0) is 7.56. The summed E-state index contributed by atoms with van der Waals surface area (Å²) in [5.41, 5.74) is 0. The number of hydrogen-bond donors (Lipinski definition) is 0. The topological polar surface area (TPSA) is 12.9 Å². The molecule has 4 heteroatoms. The van der Waals surface area contributed by atoms with Crippen molar-refractivity contribution in [3.63, 3.8) is 0 Å². The summed E-state index contributed by atoms with van der Waals surface area (Å²) in [7, 11) is 0. The van der Waals surface area contributed by atoms with Gasteiger partial charge in [0.25, 0.3) is 0 Å². The number of nitrogens with zero attached hydrogens (tertiary/aromatic N) is 1. The molecule has 0 aliphatic rings. The van der Waals surface area contributed by atoms with Gasteiger partial charge >= 0.3 is 0 Å². The van der Waals surface area contributed by atoms with E-state index < -0.39 is 0 Å². The highest BCUT2D eigenvalue weighted by atomic mass is 79.9. The SMILES string of the molecule is CSc1nccc(Br)c1F. The highest BCUT2D eigenvalue weighted by Gasteiger charge is 2.04. The van der Waals surface area contributed by atoms with Gasteiger partial charge in [-0.15, -0.1) is 11.8 Å². The molecule has 1 aromatic heterocycles. The molecular weight excluding hydrogens is 217 g/mol. The van der Waals surface area contributed by atoms with Gasteiger partial charge in [-0.1, -0.05) is 0 Å². The molecule has 0 radical (unpaired) electrons. The highest BCUT2D eigenvalue weighted by molar-refractivity contribution is 9.10. The van der Waals surface area contributed by atoms with Gasteiger partial charge in [-0.2, -0.15) is 0 Å². The zero-order valence-corrected chi connectivity index (χ0v) is 7.67. The predicted molar refractivity (Wildman–Crippen MR) is 43.7 cm³/mol. The largest absolute Gasteiger partial charge is 0.247 e. The summed E-state index contributed by atoms with van der Waals surface area (Å²) in [6.45, 7) is 0. The molecule has 1 rings (SSSR count). The summed E-state index contributed by atoms with van der Waals surface area (Å²) in [6.07, 6.45) is 3.36. The van der Waals surface area contributed by atoms with E-state index in [1.807, 2.05) is 0 Å². The van der Waals surface area contributed by atoms with Gasteiger partial charge in [0.15, 0.2) is 5.82 Å². The minimum Gasteiger partial charge on any atom is -0.247 e. The Bertz CT molecular complexity index is 241. The molecule has 0 aromatic carbocycles. The highest BCUT2D eigenvalue weighted by Crippen LogP contribution is 2.22. The van der Waals surface area contributed by atoms with Crippen LogP contribution in [0.1, 0.15) is 0 Å². The van der Waals surface area contributed by atoms with E-state index in [0.29, 0.717) is 9.50 Å². The first-order chi connectivity index (χ1) is 4.75. The van der Waals surface area contributed by atoms with Crippen LogP contribution < -0.4 is 0 Å². The number of aromatic nitrogens is 1. The second-order valence-electron chi connectivity index (χ2n) is 1.62. The van der Waals surface area contributed by atoms with Crippen LogP contribution in [0.25, 0.3) is 0 Å². The Morgan fingerprint density at radius 1 is 1.70 bits per heavy atom. The Balaban J connectivity index is 3.14. The van der Waals surface area contributed by atoms with Crippen LogP contribution in [0.5, 0.6) is 0 Å². The van der Waals surface area contributed by atoms with E-state index in [4.69, 9.17) is 0 Å². The van der Waals surface area contributed by atoms with Crippen LogP contribution in [0.2, 0.25) is 0 Å². The Labute approximate surface area is 71.2 Å². The lowest BCUT2D eigenvalue weighted by Crippen LogP contribution is -1.85. The third-order valence-corrected chi connectivity index (χ3v) is 2.29. The quantitative estimate of drug-likeness (QED) is 0.677. The Hall–Kier alpha value is -0.0900. The third kappa shape index (κ3) is 1.49. The fourth-order valence-electron chi connectivity index (χ4n) is 0.545. The van der Waals surface area contributed by atoms with Gasteiger partial charge in [0, 0.05) is 6.20 Å².